The lowest BCUT2D eigenvalue weighted by molar-refractivity contribution is -0.120. The average Bonchev–Trinajstić information content (AvgIpc) is 2.99. The molecule has 108 valence electrons. The topological polar surface area (TPSA) is 89.3 Å². The van der Waals surface area contributed by atoms with Crippen molar-refractivity contribution in [1.82, 2.24) is 5.32 Å². The largest absolute Gasteiger partial charge is 0.349 e. The van der Waals surface area contributed by atoms with Gasteiger partial charge in [-0.25, -0.2) is 8.42 Å². The molecule has 0 aliphatic heterocycles. The SMILES string of the molecule is CCCS(=O)(=O)CC(=O)NC(C)(CN)C1CC1.Cl. The van der Waals surface area contributed by atoms with Gasteiger partial charge in [0.15, 0.2) is 9.84 Å². The minimum atomic E-state index is -3.27. The second-order valence-corrected chi connectivity index (χ2v) is 7.22. The standard InChI is InChI=1S/C11H22N2O3S.ClH/c1-3-6-17(15,16)7-10(14)13-11(2,8-12)9-4-5-9;/h9H,3-8,12H2,1-2H3,(H,13,14);1H. The van der Waals surface area contributed by atoms with Crippen LogP contribution in [0.25, 0.3) is 0 Å². The summed E-state index contributed by atoms with van der Waals surface area (Å²) >= 11 is 0. The Kier molecular flexibility index (Phi) is 6.60. The van der Waals surface area contributed by atoms with Gasteiger partial charge in [-0.3, -0.25) is 4.79 Å². The van der Waals surface area contributed by atoms with Crippen LogP contribution in [0.3, 0.4) is 0 Å². The smallest absolute Gasteiger partial charge is 0.235 e. The molecule has 1 fully saturated rings. The number of carbonyl (C=O) groups excluding carboxylic acids is 1. The van der Waals surface area contributed by atoms with E-state index in [1.165, 1.54) is 0 Å². The van der Waals surface area contributed by atoms with Crippen LogP contribution in [0, 0.1) is 5.92 Å². The lowest BCUT2D eigenvalue weighted by Crippen LogP contribution is -2.54. The number of halogens is 1. The summed E-state index contributed by atoms with van der Waals surface area (Å²) in [4.78, 5) is 11.7. The van der Waals surface area contributed by atoms with E-state index in [0.717, 1.165) is 12.8 Å². The van der Waals surface area contributed by atoms with Crippen LogP contribution >= 0.6 is 12.4 Å². The molecule has 1 aliphatic carbocycles. The van der Waals surface area contributed by atoms with Crippen molar-refractivity contribution >= 4 is 28.2 Å². The molecule has 0 saturated heterocycles. The average molecular weight is 299 g/mol. The zero-order chi connectivity index (χ0) is 13.1. The summed E-state index contributed by atoms with van der Waals surface area (Å²) in [6.45, 7) is 4.01. The third kappa shape index (κ3) is 5.12. The molecule has 1 rings (SSSR count). The van der Waals surface area contributed by atoms with Crippen LogP contribution in [-0.4, -0.2) is 37.9 Å². The number of amides is 1. The normalized spacial score (nSPS) is 18.6. The van der Waals surface area contributed by atoms with E-state index < -0.39 is 27.0 Å². The predicted molar refractivity (Wildman–Crippen MR) is 74.5 cm³/mol. The molecular formula is C11H23ClN2O3S. The molecule has 0 aromatic rings. The van der Waals surface area contributed by atoms with Gasteiger partial charge in [-0.15, -0.1) is 12.4 Å². The number of sulfone groups is 1. The quantitative estimate of drug-likeness (QED) is 0.715. The van der Waals surface area contributed by atoms with Crippen molar-refractivity contribution < 1.29 is 13.2 Å². The third-order valence-electron chi connectivity index (χ3n) is 3.19. The molecule has 5 nitrogen and oxygen atoms in total. The van der Waals surface area contributed by atoms with E-state index in [4.69, 9.17) is 5.73 Å². The molecule has 0 bridgehead atoms. The Morgan fingerprint density at radius 1 is 1.44 bits per heavy atom. The Labute approximate surface area is 115 Å². The molecule has 1 saturated carbocycles. The molecule has 0 heterocycles. The second-order valence-electron chi connectivity index (χ2n) is 5.04. The van der Waals surface area contributed by atoms with E-state index in [-0.39, 0.29) is 18.2 Å². The van der Waals surface area contributed by atoms with Crippen molar-refractivity contribution in [3.63, 3.8) is 0 Å². The molecule has 0 radical (unpaired) electrons. The zero-order valence-corrected chi connectivity index (χ0v) is 12.6. The molecule has 3 N–H and O–H groups in total. The Balaban J connectivity index is 0.00000289. The maximum atomic E-state index is 11.7. The third-order valence-corrected chi connectivity index (χ3v) is 4.93. The Morgan fingerprint density at radius 3 is 2.39 bits per heavy atom. The van der Waals surface area contributed by atoms with Gasteiger partial charge in [0.05, 0.1) is 11.3 Å². The highest BCUT2D eigenvalue weighted by Gasteiger charge is 2.41. The molecule has 1 aliphatic rings. The first-order valence-corrected chi connectivity index (χ1v) is 7.86. The van der Waals surface area contributed by atoms with E-state index in [2.05, 4.69) is 5.32 Å². The maximum absolute atomic E-state index is 11.7. The molecule has 1 amide bonds. The maximum Gasteiger partial charge on any atom is 0.235 e. The van der Waals surface area contributed by atoms with Gasteiger partial charge in [-0.05, 0) is 32.1 Å². The van der Waals surface area contributed by atoms with Gasteiger partial charge in [-0.2, -0.15) is 0 Å². The minimum absolute atomic E-state index is 0. The van der Waals surface area contributed by atoms with Gasteiger partial charge >= 0.3 is 0 Å². The summed E-state index contributed by atoms with van der Waals surface area (Å²) in [6, 6.07) is 0. The number of nitrogens with two attached hydrogens (primary N) is 1. The number of rotatable bonds is 7. The monoisotopic (exact) mass is 298 g/mol. The minimum Gasteiger partial charge on any atom is -0.349 e. The Hall–Kier alpha value is -0.330. The van der Waals surface area contributed by atoms with Gasteiger partial charge in [0, 0.05) is 6.54 Å². The fourth-order valence-electron chi connectivity index (χ4n) is 1.98. The molecule has 1 unspecified atom stereocenters. The van der Waals surface area contributed by atoms with Crippen LogP contribution in [0.1, 0.15) is 33.1 Å². The summed E-state index contributed by atoms with van der Waals surface area (Å²) < 4.78 is 23.0. The lowest BCUT2D eigenvalue weighted by atomic mass is 9.96. The Bertz CT molecular complexity index is 382. The van der Waals surface area contributed by atoms with E-state index in [1.54, 1.807) is 6.92 Å². The Morgan fingerprint density at radius 2 is 2.00 bits per heavy atom. The first-order chi connectivity index (χ1) is 7.83. The van der Waals surface area contributed by atoms with Gasteiger partial charge in [0.25, 0.3) is 0 Å². The second kappa shape index (κ2) is 6.73. The first kappa shape index (κ1) is 17.7. The van der Waals surface area contributed by atoms with Crippen molar-refractivity contribution in [3.05, 3.63) is 0 Å². The molecular weight excluding hydrogens is 276 g/mol. The summed E-state index contributed by atoms with van der Waals surface area (Å²) in [6.07, 6.45) is 2.64. The van der Waals surface area contributed by atoms with E-state index in [0.29, 0.717) is 18.9 Å². The fraction of sp³-hybridized carbons (Fsp3) is 0.909. The van der Waals surface area contributed by atoms with Crippen LogP contribution < -0.4 is 11.1 Å². The van der Waals surface area contributed by atoms with Gasteiger partial charge in [-0.1, -0.05) is 6.92 Å². The highest BCUT2D eigenvalue weighted by molar-refractivity contribution is 7.92. The fourth-order valence-corrected chi connectivity index (χ4v) is 3.22. The highest BCUT2D eigenvalue weighted by atomic mass is 35.5. The van der Waals surface area contributed by atoms with Crippen molar-refractivity contribution in [2.75, 3.05) is 18.1 Å². The highest BCUT2D eigenvalue weighted by Crippen LogP contribution is 2.38. The number of carbonyl (C=O) groups is 1. The van der Waals surface area contributed by atoms with Crippen LogP contribution in [0.15, 0.2) is 0 Å². The molecule has 7 heteroatoms. The molecule has 0 aromatic heterocycles. The number of nitrogens with one attached hydrogen (secondary N) is 1. The van der Waals surface area contributed by atoms with Gasteiger partial charge < -0.3 is 11.1 Å². The molecule has 18 heavy (non-hydrogen) atoms. The van der Waals surface area contributed by atoms with Gasteiger partial charge in [0.1, 0.15) is 5.75 Å². The number of hydrogen-bond acceptors (Lipinski definition) is 4. The van der Waals surface area contributed by atoms with Crippen LogP contribution in [0.4, 0.5) is 0 Å². The zero-order valence-electron chi connectivity index (χ0n) is 10.9. The summed E-state index contributed by atoms with van der Waals surface area (Å²) in [7, 11) is -3.27. The first-order valence-electron chi connectivity index (χ1n) is 6.04. The van der Waals surface area contributed by atoms with Crippen LogP contribution in [0.5, 0.6) is 0 Å². The van der Waals surface area contributed by atoms with E-state index >= 15 is 0 Å². The van der Waals surface area contributed by atoms with E-state index in [9.17, 15) is 13.2 Å². The van der Waals surface area contributed by atoms with Crippen LogP contribution in [0.2, 0.25) is 0 Å². The van der Waals surface area contributed by atoms with Crippen molar-refractivity contribution in [1.29, 1.82) is 0 Å². The summed E-state index contributed by atoms with van der Waals surface area (Å²) in [5.41, 5.74) is 5.21. The lowest BCUT2D eigenvalue weighted by Gasteiger charge is -2.29. The summed E-state index contributed by atoms with van der Waals surface area (Å²) in [5, 5.41) is 2.78. The van der Waals surface area contributed by atoms with Crippen LogP contribution in [-0.2, 0) is 14.6 Å². The molecule has 1 atom stereocenters. The van der Waals surface area contributed by atoms with Gasteiger partial charge in [0.2, 0.25) is 5.91 Å². The number of hydrogen-bond donors (Lipinski definition) is 2. The van der Waals surface area contributed by atoms with Crippen molar-refractivity contribution in [2.24, 2.45) is 11.7 Å². The molecule has 0 aromatic carbocycles. The summed E-state index contributed by atoms with van der Waals surface area (Å²) in [5.74, 6) is -0.407. The van der Waals surface area contributed by atoms with E-state index in [1.807, 2.05) is 6.92 Å². The molecule has 0 spiro atoms. The van der Waals surface area contributed by atoms with Crippen molar-refractivity contribution in [2.45, 2.75) is 38.6 Å². The van der Waals surface area contributed by atoms with Crippen molar-refractivity contribution in [3.8, 4) is 0 Å². The predicted octanol–water partition coefficient (Wildman–Crippen LogP) is 0.477.